The molecule has 2 fully saturated rings. The Balaban J connectivity index is 0.875. The Morgan fingerprint density at radius 3 is 1.48 bits per heavy atom. The van der Waals surface area contributed by atoms with E-state index in [0.717, 1.165) is 50.1 Å². The van der Waals surface area contributed by atoms with Crippen LogP contribution in [0.5, 0.6) is 0 Å². The van der Waals surface area contributed by atoms with Gasteiger partial charge in [-0.25, -0.2) is 9.36 Å². The zero-order valence-electron chi connectivity index (χ0n) is 28.2. The smallest absolute Gasteiger partial charge is 0.251 e. The van der Waals surface area contributed by atoms with Crippen molar-refractivity contribution in [3.8, 4) is 11.4 Å². The van der Waals surface area contributed by atoms with Gasteiger partial charge in [0.05, 0.1) is 48.9 Å². The van der Waals surface area contributed by atoms with Crippen molar-refractivity contribution in [1.82, 2.24) is 51.3 Å². The van der Waals surface area contributed by atoms with Crippen LogP contribution in [0.2, 0.25) is 0 Å². The molecule has 2 aliphatic heterocycles. The highest BCUT2D eigenvalue weighted by Gasteiger charge is 2.23. The van der Waals surface area contributed by atoms with Crippen LogP contribution in [0.15, 0.2) is 85.2 Å². The number of hydrogen-bond donors (Lipinski definition) is 6. The molecule has 4 amide bonds. The first-order chi connectivity index (χ1) is 25.4. The second-order valence-electron chi connectivity index (χ2n) is 12.6. The van der Waals surface area contributed by atoms with E-state index in [1.54, 1.807) is 64.2 Å². The van der Waals surface area contributed by atoms with Crippen LogP contribution in [0, 0.1) is 0 Å². The summed E-state index contributed by atoms with van der Waals surface area (Å²) in [7, 11) is 0. The molecule has 16 heteroatoms. The second-order valence-corrected chi connectivity index (χ2v) is 12.6. The van der Waals surface area contributed by atoms with E-state index in [9.17, 15) is 19.2 Å². The second kappa shape index (κ2) is 15.7. The third kappa shape index (κ3) is 8.36. The largest absolute Gasteiger partial charge is 0.346 e. The quantitative estimate of drug-likeness (QED) is 0.112. The third-order valence-corrected chi connectivity index (χ3v) is 8.88. The number of rotatable bonds is 12. The molecular formula is C36H38N12O4. The van der Waals surface area contributed by atoms with E-state index >= 15 is 0 Å². The van der Waals surface area contributed by atoms with Crippen molar-refractivity contribution >= 4 is 35.0 Å². The van der Waals surface area contributed by atoms with Gasteiger partial charge in [0.1, 0.15) is 11.4 Å². The van der Waals surface area contributed by atoms with E-state index in [-0.39, 0.29) is 48.8 Å². The van der Waals surface area contributed by atoms with Gasteiger partial charge >= 0.3 is 0 Å². The fourth-order valence-corrected chi connectivity index (χ4v) is 6.03. The molecule has 52 heavy (non-hydrogen) atoms. The van der Waals surface area contributed by atoms with Crippen LogP contribution in [0.1, 0.15) is 57.8 Å². The highest BCUT2D eigenvalue weighted by molar-refractivity contribution is 5.99. The molecule has 2 aromatic heterocycles. The van der Waals surface area contributed by atoms with E-state index in [2.05, 4.69) is 52.5 Å². The SMILES string of the molecule is O=C(NCc1cn(-c2ccc(NC(=O)[C@@H]3CCCN3)cc2)nn1)c1cccc(C(=O)NCc2cn(-c3ccc(NC(=O)[C@@H]4CCCN4)cc3)nn2)c1. The van der Waals surface area contributed by atoms with Crippen molar-refractivity contribution < 1.29 is 19.2 Å². The summed E-state index contributed by atoms with van der Waals surface area (Å²) in [6.45, 7) is 1.96. The number of carbonyl (C=O) groups excluding carboxylic acids is 4. The van der Waals surface area contributed by atoms with E-state index in [0.29, 0.717) is 33.9 Å². The summed E-state index contributed by atoms with van der Waals surface area (Å²) in [5, 5.41) is 34.5. The molecule has 266 valence electrons. The van der Waals surface area contributed by atoms with Gasteiger partial charge in [-0.3, -0.25) is 19.2 Å². The number of nitrogens with zero attached hydrogens (tertiary/aromatic N) is 6. The number of anilines is 2. The maximum absolute atomic E-state index is 13.0. The fourth-order valence-electron chi connectivity index (χ4n) is 6.03. The Morgan fingerprint density at radius 1 is 0.635 bits per heavy atom. The number of benzene rings is 3. The molecule has 6 N–H and O–H groups in total. The fraction of sp³-hybridized carbons (Fsp3) is 0.278. The molecule has 0 aliphatic carbocycles. The lowest BCUT2D eigenvalue weighted by atomic mass is 10.1. The Hall–Kier alpha value is -6.26. The van der Waals surface area contributed by atoms with Crippen LogP contribution < -0.4 is 31.9 Å². The third-order valence-electron chi connectivity index (χ3n) is 8.88. The molecule has 5 aromatic rings. The summed E-state index contributed by atoms with van der Waals surface area (Å²) >= 11 is 0. The molecule has 4 heterocycles. The van der Waals surface area contributed by atoms with Crippen molar-refractivity contribution in [2.24, 2.45) is 0 Å². The zero-order chi connectivity index (χ0) is 35.9. The van der Waals surface area contributed by atoms with Gasteiger partial charge in [-0.05, 0) is 106 Å². The standard InChI is InChI=1S/C36H38N12O4/c49-33(39-19-27-21-47(45-43-27)29-12-8-25(9-13-29)41-35(51)31-6-2-16-37-31)23-4-1-5-24(18-23)34(50)40-20-28-22-48(46-44-28)30-14-10-26(11-15-30)42-36(52)32-7-3-17-38-32/h1,4-5,8-15,18,21-22,31-32,37-38H,2-3,6-7,16-17,19-20H2,(H,39,49)(H,40,50)(H,41,51)(H,42,52)/t31-,32-/m0/s1. The molecule has 2 atom stereocenters. The van der Waals surface area contributed by atoms with Crippen molar-refractivity contribution in [2.45, 2.75) is 50.9 Å². The van der Waals surface area contributed by atoms with Gasteiger partial charge in [0.2, 0.25) is 11.8 Å². The molecule has 0 bridgehead atoms. The average Bonchev–Trinajstić information content (AvgIpc) is 4.02. The molecule has 0 radical (unpaired) electrons. The minimum Gasteiger partial charge on any atom is -0.346 e. The van der Waals surface area contributed by atoms with Crippen LogP contribution in [-0.4, -0.2) is 78.8 Å². The normalized spacial score (nSPS) is 16.7. The lowest BCUT2D eigenvalue weighted by molar-refractivity contribution is -0.118. The maximum Gasteiger partial charge on any atom is 0.251 e. The lowest BCUT2D eigenvalue weighted by Crippen LogP contribution is -2.35. The zero-order valence-corrected chi connectivity index (χ0v) is 28.2. The highest BCUT2D eigenvalue weighted by Crippen LogP contribution is 2.17. The molecule has 2 saturated heterocycles. The molecule has 2 aliphatic rings. The van der Waals surface area contributed by atoms with Crippen LogP contribution in [0.3, 0.4) is 0 Å². The van der Waals surface area contributed by atoms with Gasteiger partial charge in [0, 0.05) is 22.5 Å². The van der Waals surface area contributed by atoms with Gasteiger partial charge in [-0.1, -0.05) is 16.5 Å². The summed E-state index contributed by atoms with van der Waals surface area (Å²) < 4.78 is 3.17. The Kier molecular flexibility index (Phi) is 10.4. The molecule has 0 saturated carbocycles. The van der Waals surface area contributed by atoms with Crippen molar-refractivity contribution in [2.75, 3.05) is 23.7 Å². The van der Waals surface area contributed by atoms with Gasteiger partial charge in [0.15, 0.2) is 0 Å². The number of aromatic nitrogens is 6. The van der Waals surface area contributed by atoms with E-state index in [4.69, 9.17) is 0 Å². The van der Waals surface area contributed by atoms with Gasteiger partial charge < -0.3 is 31.9 Å². The van der Waals surface area contributed by atoms with E-state index in [1.807, 2.05) is 24.3 Å². The first-order valence-electron chi connectivity index (χ1n) is 17.2. The maximum atomic E-state index is 13.0. The summed E-state index contributed by atoms with van der Waals surface area (Å²) in [5.41, 5.74) is 4.59. The first kappa shape index (κ1) is 34.2. The number of hydrogen-bond acceptors (Lipinski definition) is 10. The van der Waals surface area contributed by atoms with Crippen LogP contribution >= 0.6 is 0 Å². The molecule has 0 spiro atoms. The van der Waals surface area contributed by atoms with E-state index < -0.39 is 0 Å². The van der Waals surface area contributed by atoms with Crippen LogP contribution in [0.4, 0.5) is 11.4 Å². The minimum absolute atomic E-state index is 0.0447. The monoisotopic (exact) mass is 702 g/mol. The first-order valence-corrected chi connectivity index (χ1v) is 17.2. The average molecular weight is 703 g/mol. The molecular weight excluding hydrogens is 664 g/mol. The van der Waals surface area contributed by atoms with Crippen LogP contribution in [0.25, 0.3) is 11.4 Å². The molecule has 7 rings (SSSR count). The predicted octanol–water partition coefficient (Wildman–Crippen LogP) is 2.09. The van der Waals surface area contributed by atoms with Gasteiger partial charge in [-0.15, -0.1) is 10.2 Å². The number of nitrogens with one attached hydrogen (secondary N) is 6. The summed E-state index contributed by atoms with van der Waals surface area (Å²) in [5.74, 6) is -0.831. The Bertz CT molecular complexity index is 1900. The van der Waals surface area contributed by atoms with Crippen molar-refractivity contribution in [1.29, 1.82) is 0 Å². The summed E-state index contributed by atoms with van der Waals surface area (Å²) in [4.78, 5) is 50.6. The Morgan fingerprint density at radius 2 is 1.08 bits per heavy atom. The topological polar surface area (TPSA) is 202 Å². The highest BCUT2D eigenvalue weighted by atomic mass is 16.2. The molecule has 3 aromatic carbocycles. The van der Waals surface area contributed by atoms with E-state index in [1.165, 1.54) is 6.07 Å². The predicted molar refractivity (Wildman–Crippen MR) is 191 cm³/mol. The summed E-state index contributed by atoms with van der Waals surface area (Å²) in [6.07, 6.45) is 7.06. The minimum atomic E-state index is -0.371. The number of carbonyl (C=O) groups is 4. The van der Waals surface area contributed by atoms with Crippen molar-refractivity contribution in [3.63, 3.8) is 0 Å². The van der Waals surface area contributed by atoms with Crippen molar-refractivity contribution in [3.05, 3.63) is 108 Å². The Labute approximate surface area is 298 Å². The van der Waals surface area contributed by atoms with Gasteiger partial charge in [-0.2, -0.15) is 0 Å². The summed E-state index contributed by atoms with van der Waals surface area (Å²) in [6, 6.07) is 20.6. The molecule has 0 unspecified atom stereocenters. The van der Waals surface area contributed by atoms with Gasteiger partial charge in [0.25, 0.3) is 11.8 Å². The van der Waals surface area contributed by atoms with Crippen LogP contribution in [-0.2, 0) is 22.7 Å². The molecule has 16 nitrogen and oxygen atoms in total. The lowest BCUT2D eigenvalue weighted by Gasteiger charge is -2.11. The number of amides is 4.